The molecule has 0 spiro atoms. The molecule has 0 unspecified atom stereocenters. The van der Waals surface area contributed by atoms with E-state index in [1.54, 1.807) is 0 Å². The molecular formula is C66H67N4OPtSi2-3. The van der Waals surface area contributed by atoms with Gasteiger partial charge in [-0.2, -0.15) is 6.07 Å². The quantitative estimate of drug-likeness (QED) is 0.107. The predicted octanol–water partition coefficient (Wildman–Crippen LogP) is 16.3. The number of rotatable bonds is 9. The van der Waals surface area contributed by atoms with Gasteiger partial charge in [-0.1, -0.05) is 157 Å². The summed E-state index contributed by atoms with van der Waals surface area (Å²) in [5.74, 6) is 5.10. The molecular weight excluding hydrogens is 1120 g/mol. The Morgan fingerprint density at radius 2 is 1.23 bits per heavy atom. The van der Waals surface area contributed by atoms with Crippen LogP contribution in [0.2, 0.25) is 39.3 Å². The number of benzene rings is 7. The Hall–Kier alpha value is -5.73. The Labute approximate surface area is 455 Å². The van der Waals surface area contributed by atoms with Crippen molar-refractivity contribution in [1.29, 1.82) is 0 Å². The van der Waals surface area contributed by atoms with Crippen molar-refractivity contribution in [2.45, 2.75) is 103 Å². The third kappa shape index (κ3) is 7.97. The van der Waals surface area contributed by atoms with Crippen LogP contribution < -0.4 is 24.9 Å². The van der Waals surface area contributed by atoms with E-state index in [0.29, 0.717) is 23.3 Å². The van der Waals surface area contributed by atoms with Crippen molar-refractivity contribution in [2.75, 3.05) is 9.80 Å². The van der Waals surface area contributed by atoms with Gasteiger partial charge in [0.1, 0.15) is 5.82 Å². The second-order valence-corrected chi connectivity index (χ2v) is 35.1. The SMILES string of the molecule is CC(C)(C)c1cc(Oc2[c-]c3c(cc2)c2ccccc2n3-c2cc(C3(c4cccc5ccccc45)C4CC5CC(C4)CC3C5)ccn2)[c-]c(N2[CH-]N(c3c([Si](C)(C)C)cccc3[Si](C)(C)C)c3ccccc32)c1.[Pt]. The molecule has 4 fully saturated rings. The normalized spacial score (nSPS) is 21.4. The zero-order valence-corrected chi connectivity index (χ0v) is 48.6. The molecule has 0 atom stereocenters. The third-order valence-electron chi connectivity index (χ3n) is 17.4. The average molecular weight is 1180 g/mol. The van der Waals surface area contributed by atoms with Crippen molar-refractivity contribution in [3.8, 4) is 17.3 Å². The van der Waals surface area contributed by atoms with E-state index in [1.807, 2.05) is 0 Å². The maximum Gasteiger partial charge on any atom is 0.135 e. The standard InChI is InChI=1S/C66H67N4OSi2.Pt/c1-65(2,3)47-37-50(68-42-69(59-25-15-14-24-58(59)68)64-61(72(4,5)6)26-17-27-62(64)73(7,8)9)40-52(38-47)71-51-28-29-55-54-21-12-13-23-57(54)70(60(55)41-51)63-39-46(30-31-67-63)66(48-33-43-32-44(35-48)36-49(66)34-43)56-22-16-19-45-18-10-11-20-53(45)56;/h10-31,37-39,42-44,48-49H,32-36H2,1-9H3;/q-3;. The molecule has 2 aromatic heterocycles. The molecule has 3 heterocycles. The first-order valence-electron chi connectivity index (χ1n) is 26.9. The number of fused-ring (bicyclic) bond motifs is 5. The van der Waals surface area contributed by atoms with Gasteiger partial charge in [0.15, 0.2) is 0 Å². The molecule has 14 rings (SSSR count). The second kappa shape index (κ2) is 18.0. The topological polar surface area (TPSA) is 33.5 Å². The molecule has 8 heteroatoms. The van der Waals surface area contributed by atoms with Crippen LogP contribution in [0.15, 0.2) is 152 Å². The number of hydrogen-bond acceptors (Lipinski definition) is 4. The van der Waals surface area contributed by atoms with Crippen LogP contribution in [-0.2, 0) is 31.9 Å². The van der Waals surface area contributed by atoms with Crippen LogP contribution in [-0.4, -0.2) is 25.7 Å². The molecule has 9 aromatic rings. The number of para-hydroxylation sites is 4. The van der Waals surface area contributed by atoms with Crippen LogP contribution in [0.4, 0.5) is 22.7 Å². The minimum absolute atomic E-state index is 0. The van der Waals surface area contributed by atoms with Gasteiger partial charge in [0, 0.05) is 66.8 Å². The molecule has 7 aromatic carbocycles. The van der Waals surface area contributed by atoms with Gasteiger partial charge in [0.25, 0.3) is 0 Å². The molecule has 5 nitrogen and oxygen atoms in total. The molecule has 4 saturated carbocycles. The maximum atomic E-state index is 7.05. The first kappa shape index (κ1) is 49.2. The monoisotopic (exact) mass is 1180 g/mol. The van der Waals surface area contributed by atoms with Gasteiger partial charge >= 0.3 is 0 Å². The summed E-state index contributed by atoms with van der Waals surface area (Å²) in [5.41, 5.74) is 10.5. The van der Waals surface area contributed by atoms with Gasteiger partial charge < -0.3 is 19.1 Å². The van der Waals surface area contributed by atoms with Gasteiger partial charge in [0.2, 0.25) is 0 Å². The number of aromatic nitrogens is 2. The summed E-state index contributed by atoms with van der Waals surface area (Å²) < 4.78 is 9.39. The molecule has 0 radical (unpaired) electrons. The number of nitrogens with zero attached hydrogens (tertiary/aromatic N) is 4. The minimum Gasteiger partial charge on any atom is -0.509 e. The number of ether oxygens (including phenoxy) is 1. The van der Waals surface area contributed by atoms with Crippen molar-refractivity contribution in [3.63, 3.8) is 0 Å². The van der Waals surface area contributed by atoms with E-state index in [2.05, 4.69) is 245 Å². The van der Waals surface area contributed by atoms with E-state index in [9.17, 15) is 0 Å². The van der Waals surface area contributed by atoms with Gasteiger partial charge in [-0.05, 0) is 129 Å². The van der Waals surface area contributed by atoms with E-state index in [-0.39, 0.29) is 31.9 Å². The summed E-state index contributed by atoms with van der Waals surface area (Å²) in [5, 5.41) is 8.00. The Balaban J connectivity index is 0.00000556. The van der Waals surface area contributed by atoms with Crippen LogP contribution in [0.1, 0.15) is 69.6 Å². The number of pyridine rings is 1. The second-order valence-electron chi connectivity index (χ2n) is 25.1. The zero-order valence-electron chi connectivity index (χ0n) is 44.4. The maximum absolute atomic E-state index is 7.05. The van der Waals surface area contributed by atoms with Gasteiger partial charge in [-0.3, -0.25) is 0 Å². The summed E-state index contributed by atoms with van der Waals surface area (Å²) in [7, 11) is -3.52. The van der Waals surface area contributed by atoms with Crippen molar-refractivity contribution < 1.29 is 25.8 Å². The molecule has 0 amide bonds. The summed E-state index contributed by atoms with van der Waals surface area (Å²) in [4.78, 5) is 10.1. The molecule has 4 bridgehead atoms. The van der Waals surface area contributed by atoms with E-state index in [4.69, 9.17) is 9.72 Å². The van der Waals surface area contributed by atoms with Crippen LogP contribution >= 0.6 is 0 Å². The Morgan fingerprint density at radius 3 is 1.92 bits per heavy atom. The molecule has 0 saturated heterocycles. The zero-order chi connectivity index (χ0) is 50.2. The fourth-order valence-corrected chi connectivity index (χ4v) is 17.6. The first-order chi connectivity index (χ1) is 35.0. The fraction of sp³-hybridized carbons (Fsp3) is 0.303. The van der Waals surface area contributed by atoms with Crippen LogP contribution in [0.3, 0.4) is 0 Å². The summed E-state index contributed by atoms with van der Waals surface area (Å²) >= 11 is 0. The van der Waals surface area contributed by atoms with Crippen molar-refractivity contribution in [3.05, 3.63) is 187 Å². The smallest absolute Gasteiger partial charge is 0.135 e. The number of anilines is 4. The summed E-state index contributed by atoms with van der Waals surface area (Å²) in [6, 6.07) is 62.0. The van der Waals surface area contributed by atoms with Crippen molar-refractivity contribution in [2.24, 2.45) is 23.7 Å². The van der Waals surface area contributed by atoms with E-state index in [1.165, 1.54) is 86.7 Å². The molecule has 74 heavy (non-hydrogen) atoms. The van der Waals surface area contributed by atoms with Crippen LogP contribution in [0.25, 0.3) is 38.4 Å². The Kier molecular flexibility index (Phi) is 11.9. The third-order valence-corrected chi connectivity index (χ3v) is 21.4. The molecule has 0 N–H and O–H groups in total. The fourth-order valence-electron chi connectivity index (χ4n) is 14.3. The molecule has 378 valence electrons. The van der Waals surface area contributed by atoms with Crippen molar-refractivity contribution in [1.82, 2.24) is 9.55 Å². The average Bonchev–Trinajstić information content (AvgIpc) is 3.91. The van der Waals surface area contributed by atoms with Crippen molar-refractivity contribution >= 4 is 81.8 Å². The first-order valence-corrected chi connectivity index (χ1v) is 33.9. The van der Waals surface area contributed by atoms with E-state index < -0.39 is 16.1 Å². The molecule has 5 aliphatic rings. The Morgan fingerprint density at radius 1 is 0.608 bits per heavy atom. The van der Waals surface area contributed by atoms with Gasteiger partial charge in [-0.25, -0.2) is 4.98 Å². The van der Waals surface area contributed by atoms with E-state index >= 15 is 0 Å². The predicted molar refractivity (Wildman–Crippen MR) is 311 cm³/mol. The molecule has 1 aliphatic heterocycles. The molecule has 4 aliphatic carbocycles. The number of hydrogen-bond donors (Lipinski definition) is 0. The van der Waals surface area contributed by atoms with Crippen LogP contribution in [0.5, 0.6) is 11.5 Å². The Bertz CT molecular complexity index is 3590. The summed E-state index contributed by atoms with van der Waals surface area (Å²) in [6.07, 6.45) is 8.72. The van der Waals surface area contributed by atoms with E-state index in [0.717, 1.165) is 45.4 Å². The van der Waals surface area contributed by atoms with Gasteiger partial charge in [0.05, 0.1) is 16.1 Å². The minimum atomic E-state index is -1.76. The largest absolute Gasteiger partial charge is 0.509 e. The summed E-state index contributed by atoms with van der Waals surface area (Å²) in [6.45, 7) is 24.0. The van der Waals surface area contributed by atoms with Gasteiger partial charge in [-0.15, -0.1) is 53.6 Å². The van der Waals surface area contributed by atoms with Crippen LogP contribution in [0, 0.1) is 42.5 Å².